The summed E-state index contributed by atoms with van der Waals surface area (Å²) in [5.74, 6) is -0.0307. The summed E-state index contributed by atoms with van der Waals surface area (Å²) in [6.07, 6.45) is 0.678. The number of hydrogen-bond donors (Lipinski definition) is 2. The van der Waals surface area contributed by atoms with Crippen LogP contribution < -0.4 is 10.9 Å². The number of amides is 1. The number of aromatic amines is 1. The second kappa shape index (κ2) is 7.66. The largest absolute Gasteiger partial charge is 0.325 e. The number of anilines is 1. The molecule has 0 aliphatic heterocycles. The van der Waals surface area contributed by atoms with Crippen LogP contribution in [0, 0.1) is 13.8 Å². The van der Waals surface area contributed by atoms with Gasteiger partial charge in [0.05, 0.1) is 11.4 Å². The Morgan fingerprint density at radius 2 is 2.13 bits per heavy atom. The molecular formula is C16H18ClN3O2S. The van der Waals surface area contributed by atoms with Crippen LogP contribution >= 0.6 is 23.4 Å². The third kappa shape index (κ3) is 4.59. The molecule has 2 aromatic rings. The first-order valence-electron chi connectivity index (χ1n) is 7.19. The van der Waals surface area contributed by atoms with Crippen molar-refractivity contribution < 1.29 is 4.79 Å². The third-order valence-corrected chi connectivity index (χ3v) is 4.64. The standard InChI is InChI=1S/C16H18ClN3O2S/c1-4-13-10(3)15(22)20-16(19-13)23-8-14(21)18-11-6-5-9(2)12(17)7-11/h5-7H,4,8H2,1-3H3,(H,18,21)(H,19,20,22). The Labute approximate surface area is 143 Å². The second-order valence-electron chi connectivity index (χ2n) is 5.10. The second-order valence-corrected chi connectivity index (χ2v) is 6.47. The highest BCUT2D eigenvalue weighted by Crippen LogP contribution is 2.20. The Hall–Kier alpha value is -1.79. The lowest BCUT2D eigenvalue weighted by atomic mass is 10.2. The molecule has 0 fully saturated rings. The van der Waals surface area contributed by atoms with Gasteiger partial charge in [0.2, 0.25) is 5.91 Å². The summed E-state index contributed by atoms with van der Waals surface area (Å²) in [6, 6.07) is 5.35. The van der Waals surface area contributed by atoms with Gasteiger partial charge >= 0.3 is 0 Å². The van der Waals surface area contributed by atoms with Gasteiger partial charge < -0.3 is 10.3 Å². The van der Waals surface area contributed by atoms with E-state index >= 15 is 0 Å². The minimum atomic E-state index is -0.184. The number of rotatable bonds is 5. The summed E-state index contributed by atoms with van der Waals surface area (Å²) in [6.45, 7) is 5.58. The zero-order valence-electron chi connectivity index (χ0n) is 13.2. The van der Waals surface area contributed by atoms with Crippen molar-refractivity contribution >= 4 is 35.0 Å². The van der Waals surface area contributed by atoms with Crippen molar-refractivity contribution in [2.45, 2.75) is 32.3 Å². The fourth-order valence-corrected chi connectivity index (χ4v) is 2.83. The molecule has 1 amide bonds. The zero-order chi connectivity index (χ0) is 17.0. The lowest BCUT2D eigenvalue weighted by Crippen LogP contribution is -2.18. The molecule has 0 unspecified atom stereocenters. The van der Waals surface area contributed by atoms with Crippen LogP contribution in [0.5, 0.6) is 0 Å². The Kier molecular flexibility index (Phi) is 5.85. The van der Waals surface area contributed by atoms with Crippen molar-refractivity contribution in [1.29, 1.82) is 0 Å². The normalized spacial score (nSPS) is 10.6. The summed E-state index contributed by atoms with van der Waals surface area (Å²) in [5, 5.41) is 3.83. The Morgan fingerprint density at radius 3 is 2.78 bits per heavy atom. The van der Waals surface area contributed by atoms with Crippen LogP contribution in [0.2, 0.25) is 5.02 Å². The molecule has 7 heteroatoms. The van der Waals surface area contributed by atoms with Gasteiger partial charge in [-0.15, -0.1) is 0 Å². The molecule has 1 aromatic carbocycles. The molecule has 122 valence electrons. The molecule has 0 spiro atoms. The van der Waals surface area contributed by atoms with Crippen LogP contribution in [-0.2, 0) is 11.2 Å². The van der Waals surface area contributed by atoms with E-state index in [2.05, 4.69) is 15.3 Å². The molecule has 0 aliphatic carbocycles. The van der Waals surface area contributed by atoms with Gasteiger partial charge in [0.1, 0.15) is 0 Å². The average Bonchev–Trinajstić information content (AvgIpc) is 2.52. The molecule has 0 atom stereocenters. The molecule has 0 saturated heterocycles. The monoisotopic (exact) mass is 351 g/mol. The van der Waals surface area contributed by atoms with Crippen LogP contribution in [0.3, 0.4) is 0 Å². The van der Waals surface area contributed by atoms with Crippen LogP contribution in [0.1, 0.15) is 23.7 Å². The van der Waals surface area contributed by atoms with Gasteiger partial charge in [0.15, 0.2) is 5.16 Å². The maximum absolute atomic E-state index is 12.0. The van der Waals surface area contributed by atoms with Crippen molar-refractivity contribution in [3.05, 3.63) is 50.4 Å². The van der Waals surface area contributed by atoms with Crippen molar-refractivity contribution in [1.82, 2.24) is 9.97 Å². The number of aryl methyl sites for hydroxylation is 2. The van der Waals surface area contributed by atoms with Crippen molar-refractivity contribution in [3.8, 4) is 0 Å². The highest BCUT2D eigenvalue weighted by atomic mass is 35.5. The van der Waals surface area contributed by atoms with Gasteiger partial charge in [0, 0.05) is 16.3 Å². The quantitative estimate of drug-likeness (QED) is 0.640. The van der Waals surface area contributed by atoms with E-state index in [0.29, 0.717) is 27.9 Å². The number of halogens is 1. The van der Waals surface area contributed by atoms with E-state index in [0.717, 1.165) is 11.3 Å². The molecule has 0 bridgehead atoms. The van der Waals surface area contributed by atoms with Crippen LogP contribution in [-0.4, -0.2) is 21.6 Å². The van der Waals surface area contributed by atoms with Gasteiger partial charge in [-0.2, -0.15) is 0 Å². The van der Waals surface area contributed by atoms with E-state index < -0.39 is 0 Å². The fourth-order valence-electron chi connectivity index (χ4n) is 1.97. The summed E-state index contributed by atoms with van der Waals surface area (Å²) >= 11 is 7.23. The molecule has 0 saturated carbocycles. The van der Waals surface area contributed by atoms with Gasteiger partial charge in [0.25, 0.3) is 5.56 Å². The summed E-state index contributed by atoms with van der Waals surface area (Å²) in [7, 11) is 0. The van der Waals surface area contributed by atoms with Crippen molar-refractivity contribution in [2.75, 3.05) is 11.1 Å². The van der Waals surface area contributed by atoms with Crippen LogP contribution in [0.25, 0.3) is 0 Å². The number of thioether (sulfide) groups is 1. The highest BCUT2D eigenvalue weighted by molar-refractivity contribution is 7.99. The van der Waals surface area contributed by atoms with E-state index in [1.807, 2.05) is 19.9 Å². The minimum Gasteiger partial charge on any atom is -0.325 e. The first-order chi connectivity index (χ1) is 10.9. The summed E-state index contributed by atoms with van der Waals surface area (Å²) in [4.78, 5) is 30.8. The van der Waals surface area contributed by atoms with Crippen molar-refractivity contribution in [3.63, 3.8) is 0 Å². The smallest absolute Gasteiger partial charge is 0.254 e. The number of H-pyrrole nitrogens is 1. The topological polar surface area (TPSA) is 74.8 Å². The molecule has 23 heavy (non-hydrogen) atoms. The SMILES string of the molecule is CCc1nc(SCC(=O)Nc2ccc(C)c(Cl)c2)[nH]c(=O)c1C. The van der Waals surface area contributed by atoms with Gasteiger partial charge in [-0.3, -0.25) is 9.59 Å². The molecular weight excluding hydrogens is 334 g/mol. The maximum Gasteiger partial charge on any atom is 0.254 e. The number of benzene rings is 1. The lowest BCUT2D eigenvalue weighted by molar-refractivity contribution is -0.113. The zero-order valence-corrected chi connectivity index (χ0v) is 14.8. The fraction of sp³-hybridized carbons (Fsp3) is 0.312. The molecule has 2 N–H and O–H groups in total. The number of nitrogens with zero attached hydrogens (tertiary/aromatic N) is 1. The van der Waals surface area contributed by atoms with E-state index in [1.165, 1.54) is 11.8 Å². The minimum absolute atomic E-state index is 0.153. The first kappa shape index (κ1) is 17.6. The van der Waals surface area contributed by atoms with Crippen LogP contribution in [0.4, 0.5) is 5.69 Å². The van der Waals surface area contributed by atoms with Gasteiger partial charge in [-0.25, -0.2) is 4.98 Å². The molecule has 1 heterocycles. The Balaban J connectivity index is 2.00. The van der Waals surface area contributed by atoms with E-state index in [9.17, 15) is 9.59 Å². The van der Waals surface area contributed by atoms with Gasteiger partial charge in [-0.05, 0) is 38.0 Å². The Morgan fingerprint density at radius 1 is 1.39 bits per heavy atom. The molecule has 5 nitrogen and oxygen atoms in total. The molecule has 0 aliphatic rings. The number of nitrogens with one attached hydrogen (secondary N) is 2. The predicted molar refractivity (Wildman–Crippen MR) is 94.5 cm³/mol. The van der Waals surface area contributed by atoms with Crippen LogP contribution in [0.15, 0.2) is 28.2 Å². The van der Waals surface area contributed by atoms with E-state index in [1.54, 1.807) is 19.1 Å². The highest BCUT2D eigenvalue weighted by Gasteiger charge is 2.09. The number of aromatic nitrogens is 2. The van der Waals surface area contributed by atoms with E-state index in [4.69, 9.17) is 11.6 Å². The van der Waals surface area contributed by atoms with E-state index in [-0.39, 0.29) is 17.2 Å². The van der Waals surface area contributed by atoms with Crippen molar-refractivity contribution in [2.24, 2.45) is 0 Å². The number of carbonyl (C=O) groups excluding carboxylic acids is 1. The van der Waals surface area contributed by atoms with Gasteiger partial charge in [-0.1, -0.05) is 36.4 Å². The number of hydrogen-bond acceptors (Lipinski definition) is 4. The predicted octanol–water partition coefficient (Wildman–Crippen LogP) is 3.33. The molecule has 1 aromatic heterocycles. The average molecular weight is 352 g/mol. The summed E-state index contributed by atoms with van der Waals surface area (Å²) in [5.41, 5.74) is 2.81. The maximum atomic E-state index is 12.0. The third-order valence-electron chi connectivity index (χ3n) is 3.36. The number of carbonyl (C=O) groups is 1. The lowest BCUT2D eigenvalue weighted by Gasteiger charge is -2.07. The summed E-state index contributed by atoms with van der Waals surface area (Å²) < 4.78 is 0. The first-order valence-corrected chi connectivity index (χ1v) is 8.55. The molecule has 0 radical (unpaired) electrons. The Bertz CT molecular complexity index is 789. The molecule has 2 rings (SSSR count).